The summed E-state index contributed by atoms with van der Waals surface area (Å²) in [5, 5.41) is 18.9. The molecule has 0 saturated heterocycles. The van der Waals surface area contributed by atoms with Crippen LogP contribution in [0, 0.1) is 0 Å². The summed E-state index contributed by atoms with van der Waals surface area (Å²) in [5.41, 5.74) is 0.719. The minimum atomic E-state index is -0.329. The van der Waals surface area contributed by atoms with Gasteiger partial charge >= 0.3 is 0 Å². The summed E-state index contributed by atoms with van der Waals surface area (Å²) in [6.45, 7) is -0.254. The molecule has 4 heteroatoms. The van der Waals surface area contributed by atoms with E-state index in [4.69, 9.17) is 33.4 Å². The molecule has 0 radical (unpaired) electrons. The van der Waals surface area contributed by atoms with Gasteiger partial charge in [0.15, 0.2) is 0 Å². The lowest BCUT2D eigenvalue weighted by molar-refractivity contribution is 0.192. The number of hydrogen-bond donors (Lipinski definition) is 2. The smallest absolute Gasteiger partial charge is 0.0522 e. The molecule has 0 heterocycles. The predicted molar refractivity (Wildman–Crippen MR) is 53.4 cm³/mol. The highest BCUT2D eigenvalue weighted by molar-refractivity contribution is 6.35. The van der Waals surface area contributed by atoms with E-state index in [2.05, 4.69) is 0 Å². The normalized spacial score (nSPS) is 10.8. The first kappa shape index (κ1) is 10.8. The van der Waals surface area contributed by atoms with E-state index in [1.807, 2.05) is 0 Å². The van der Waals surface area contributed by atoms with Crippen LogP contribution in [0.4, 0.5) is 0 Å². The van der Waals surface area contributed by atoms with Crippen LogP contribution in [0.1, 0.15) is 11.5 Å². The van der Waals surface area contributed by atoms with Gasteiger partial charge in [-0.05, 0) is 17.7 Å². The van der Waals surface area contributed by atoms with Crippen LogP contribution in [0.5, 0.6) is 0 Å². The highest BCUT2D eigenvalue weighted by Gasteiger charge is 2.12. The molecule has 0 bridgehead atoms. The molecule has 0 unspecified atom stereocenters. The standard InChI is InChI=1S/C9H10Cl2O2/c10-7-1-2-8(9(11)3-7)6(4-12)5-13/h1-3,6,12-13H,4-5H2. The van der Waals surface area contributed by atoms with Gasteiger partial charge in [0.25, 0.3) is 0 Å². The summed E-state index contributed by atoms with van der Waals surface area (Å²) in [6.07, 6.45) is 0. The van der Waals surface area contributed by atoms with Crippen LogP contribution in [0.2, 0.25) is 10.0 Å². The Labute approximate surface area is 86.7 Å². The van der Waals surface area contributed by atoms with Gasteiger partial charge in [0, 0.05) is 16.0 Å². The summed E-state index contributed by atoms with van der Waals surface area (Å²) in [4.78, 5) is 0. The monoisotopic (exact) mass is 220 g/mol. The molecule has 1 rings (SSSR count). The largest absolute Gasteiger partial charge is 0.396 e. The maximum absolute atomic E-state index is 8.92. The Balaban J connectivity index is 2.99. The molecule has 13 heavy (non-hydrogen) atoms. The average molecular weight is 221 g/mol. The van der Waals surface area contributed by atoms with Gasteiger partial charge in [-0.2, -0.15) is 0 Å². The zero-order valence-corrected chi connectivity index (χ0v) is 8.39. The third-order valence-electron chi connectivity index (χ3n) is 1.84. The lowest BCUT2D eigenvalue weighted by Gasteiger charge is -2.12. The summed E-state index contributed by atoms with van der Waals surface area (Å²) in [6, 6.07) is 4.99. The molecule has 0 atom stereocenters. The third-order valence-corrected chi connectivity index (χ3v) is 2.41. The van der Waals surface area contributed by atoms with E-state index in [1.54, 1.807) is 18.2 Å². The molecule has 2 nitrogen and oxygen atoms in total. The van der Waals surface area contributed by atoms with Gasteiger partial charge < -0.3 is 10.2 Å². The van der Waals surface area contributed by atoms with Crippen LogP contribution in [-0.4, -0.2) is 23.4 Å². The second kappa shape index (κ2) is 4.82. The molecule has 0 spiro atoms. The number of aliphatic hydroxyl groups is 2. The van der Waals surface area contributed by atoms with Crippen molar-refractivity contribution >= 4 is 23.2 Å². The topological polar surface area (TPSA) is 40.5 Å². The molecule has 72 valence electrons. The Morgan fingerprint density at radius 3 is 2.23 bits per heavy atom. The van der Waals surface area contributed by atoms with E-state index < -0.39 is 0 Å². The molecule has 0 aliphatic carbocycles. The van der Waals surface area contributed by atoms with Crippen molar-refractivity contribution < 1.29 is 10.2 Å². The van der Waals surface area contributed by atoms with E-state index in [0.717, 1.165) is 5.56 Å². The van der Waals surface area contributed by atoms with Gasteiger partial charge in [0.2, 0.25) is 0 Å². The van der Waals surface area contributed by atoms with E-state index >= 15 is 0 Å². The molecule has 0 amide bonds. The van der Waals surface area contributed by atoms with Crippen molar-refractivity contribution in [3.63, 3.8) is 0 Å². The van der Waals surface area contributed by atoms with Crippen LogP contribution in [-0.2, 0) is 0 Å². The van der Waals surface area contributed by atoms with Crippen LogP contribution >= 0.6 is 23.2 Å². The lowest BCUT2D eigenvalue weighted by Crippen LogP contribution is -2.09. The Bertz CT molecular complexity index is 285. The third kappa shape index (κ3) is 2.58. The molecule has 0 fully saturated rings. The fraction of sp³-hybridized carbons (Fsp3) is 0.333. The zero-order valence-electron chi connectivity index (χ0n) is 6.87. The molecule has 1 aromatic carbocycles. The van der Waals surface area contributed by atoms with Gasteiger partial charge in [-0.3, -0.25) is 0 Å². The van der Waals surface area contributed by atoms with E-state index in [0.29, 0.717) is 10.0 Å². The van der Waals surface area contributed by atoms with Crippen molar-refractivity contribution in [2.24, 2.45) is 0 Å². The number of halogens is 2. The Kier molecular flexibility index (Phi) is 4.00. The van der Waals surface area contributed by atoms with E-state index in [1.165, 1.54) is 0 Å². The first-order valence-electron chi connectivity index (χ1n) is 3.85. The quantitative estimate of drug-likeness (QED) is 0.820. The average Bonchev–Trinajstić information content (AvgIpc) is 2.10. The fourth-order valence-electron chi connectivity index (χ4n) is 1.09. The Hall–Kier alpha value is -0.280. The summed E-state index contributed by atoms with van der Waals surface area (Å²) in [7, 11) is 0. The number of benzene rings is 1. The molecule has 0 saturated carbocycles. The molecule has 0 aromatic heterocycles. The van der Waals surface area contributed by atoms with Crippen molar-refractivity contribution in [1.29, 1.82) is 0 Å². The molecular weight excluding hydrogens is 211 g/mol. The Morgan fingerprint density at radius 2 is 1.77 bits per heavy atom. The number of rotatable bonds is 3. The van der Waals surface area contributed by atoms with Crippen LogP contribution in [0.15, 0.2) is 18.2 Å². The van der Waals surface area contributed by atoms with Gasteiger partial charge in [-0.25, -0.2) is 0 Å². The number of aliphatic hydroxyl groups excluding tert-OH is 2. The first-order chi connectivity index (χ1) is 6.19. The molecule has 2 N–H and O–H groups in total. The minimum Gasteiger partial charge on any atom is -0.396 e. The van der Waals surface area contributed by atoms with Gasteiger partial charge in [-0.1, -0.05) is 29.3 Å². The van der Waals surface area contributed by atoms with Crippen molar-refractivity contribution in [3.8, 4) is 0 Å². The summed E-state index contributed by atoms with van der Waals surface area (Å²) >= 11 is 11.6. The van der Waals surface area contributed by atoms with Gasteiger partial charge in [-0.15, -0.1) is 0 Å². The highest BCUT2D eigenvalue weighted by atomic mass is 35.5. The predicted octanol–water partition coefficient (Wildman–Crippen LogP) is 2.06. The van der Waals surface area contributed by atoms with Crippen molar-refractivity contribution in [1.82, 2.24) is 0 Å². The zero-order chi connectivity index (χ0) is 9.84. The number of hydrogen-bond acceptors (Lipinski definition) is 2. The minimum absolute atomic E-state index is 0.127. The maximum atomic E-state index is 8.92. The molecule has 0 aliphatic rings. The highest BCUT2D eigenvalue weighted by Crippen LogP contribution is 2.26. The van der Waals surface area contributed by atoms with Crippen LogP contribution < -0.4 is 0 Å². The van der Waals surface area contributed by atoms with E-state index in [-0.39, 0.29) is 19.1 Å². The summed E-state index contributed by atoms with van der Waals surface area (Å²) < 4.78 is 0. The van der Waals surface area contributed by atoms with Crippen molar-refractivity contribution in [2.75, 3.05) is 13.2 Å². The summed E-state index contributed by atoms with van der Waals surface area (Å²) in [5.74, 6) is -0.329. The second-order valence-corrected chi connectivity index (χ2v) is 3.57. The van der Waals surface area contributed by atoms with Gasteiger partial charge in [0.1, 0.15) is 0 Å². The van der Waals surface area contributed by atoms with Crippen LogP contribution in [0.3, 0.4) is 0 Å². The van der Waals surface area contributed by atoms with Crippen LogP contribution in [0.25, 0.3) is 0 Å². The molecular formula is C9H10Cl2O2. The lowest BCUT2D eigenvalue weighted by atomic mass is 10.0. The van der Waals surface area contributed by atoms with E-state index in [9.17, 15) is 0 Å². The van der Waals surface area contributed by atoms with Crippen molar-refractivity contribution in [2.45, 2.75) is 5.92 Å². The second-order valence-electron chi connectivity index (χ2n) is 2.73. The fourth-order valence-corrected chi connectivity index (χ4v) is 1.65. The molecule has 1 aromatic rings. The van der Waals surface area contributed by atoms with Gasteiger partial charge in [0.05, 0.1) is 13.2 Å². The molecule has 0 aliphatic heterocycles. The van der Waals surface area contributed by atoms with Crippen molar-refractivity contribution in [3.05, 3.63) is 33.8 Å². The Morgan fingerprint density at radius 1 is 1.15 bits per heavy atom. The SMILES string of the molecule is OCC(CO)c1ccc(Cl)cc1Cl. The maximum Gasteiger partial charge on any atom is 0.0522 e. The first-order valence-corrected chi connectivity index (χ1v) is 4.61.